The molecule has 0 aliphatic heterocycles. The van der Waals surface area contributed by atoms with Gasteiger partial charge in [0, 0.05) is 30.2 Å². The zero-order valence-corrected chi connectivity index (χ0v) is 14.7. The molecule has 0 spiro atoms. The van der Waals surface area contributed by atoms with Crippen molar-refractivity contribution >= 4 is 21.4 Å². The largest absolute Gasteiger partial charge is 0.280 e. The van der Waals surface area contributed by atoms with Crippen molar-refractivity contribution in [2.75, 3.05) is 4.72 Å². The molecule has 0 saturated heterocycles. The summed E-state index contributed by atoms with van der Waals surface area (Å²) in [4.78, 5) is 10.2. The van der Waals surface area contributed by atoms with Gasteiger partial charge >= 0.3 is 0 Å². The molecule has 2 aromatic carbocycles. The van der Waals surface area contributed by atoms with Crippen molar-refractivity contribution in [3.63, 3.8) is 0 Å². The summed E-state index contributed by atoms with van der Waals surface area (Å²) >= 11 is 0. The third-order valence-corrected chi connectivity index (χ3v) is 5.31. The van der Waals surface area contributed by atoms with Gasteiger partial charge in [-0.2, -0.15) is 5.10 Å². The SMILES string of the molecule is Cc1ccc([N+](=O)[O-])cc1S(=O)(=O)Nc1ccc(Cn2cccn2)cc1. The molecule has 0 saturated carbocycles. The molecule has 3 rings (SSSR count). The maximum Gasteiger partial charge on any atom is 0.270 e. The van der Waals surface area contributed by atoms with E-state index in [0.717, 1.165) is 11.6 Å². The minimum absolute atomic E-state index is 0.118. The number of hydrogen-bond acceptors (Lipinski definition) is 5. The minimum atomic E-state index is -3.93. The van der Waals surface area contributed by atoms with Crippen LogP contribution in [-0.4, -0.2) is 23.1 Å². The summed E-state index contributed by atoms with van der Waals surface area (Å²) in [7, 11) is -3.93. The lowest BCUT2D eigenvalue weighted by atomic mass is 10.2. The summed E-state index contributed by atoms with van der Waals surface area (Å²) in [5.41, 5.74) is 1.49. The Morgan fingerprint density at radius 1 is 1.19 bits per heavy atom. The predicted molar refractivity (Wildman–Crippen MR) is 96.4 cm³/mol. The first-order chi connectivity index (χ1) is 12.3. The predicted octanol–water partition coefficient (Wildman–Crippen LogP) is 2.95. The highest BCUT2D eigenvalue weighted by Gasteiger charge is 2.20. The maximum absolute atomic E-state index is 12.6. The Morgan fingerprint density at radius 2 is 1.92 bits per heavy atom. The zero-order chi connectivity index (χ0) is 18.7. The molecule has 0 atom stereocenters. The molecule has 0 aliphatic carbocycles. The lowest BCUT2D eigenvalue weighted by Crippen LogP contribution is -2.14. The number of nitrogens with zero attached hydrogens (tertiary/aromatic N) is 3. The molecule has 9 heteroatoms. The number of aromatic nitrogens is 2. The fraction of sp³-hybridized carbons (Fsp3) is 0.118. The number of nitro groups is 1. The number of hydrogen-bond donors (Lipinski definition) is 1. The number of rotatable bonds is 6. The van der Waals surface area contributed by atoms with Crippen LogP contribution in [0, 0.1) is 17.0 Å². The Hall–Kier alpha value is -3.20. The topological polar surface area (TPSA) is 107 Å². The Balaban J connectivity index is 1.81. The van der Waals surface area contributed by atoms with Gasteiger partial charge in [-0.15, -0.1) is 0 Å². The van der Waals surface area contributed by atoms with Crippen LogP contribution >= 0.6 is 0 Å². The Kier molecular flexibility index (Phi) is 4.72. The molecule has 26 heavy (non-hydrogen) atoms. The van der Waals surface area contributed by atoms with Gasteiger partial charge in [-0.3, -0.25) is 19.5 Å². The molecule has 134 valence electrons. The standard InChI is InChI=1S/C17H16N4O4S/c1-13-3-8-16(21(22)23)11-17(13)26(24,25)19-15-6-4-14(5-7-15)12-20-10-2-9-18-20/h2-11,19H,12H2,1H3. The van der Waals surface area contributed by atoms with Gasteiger partial charge in [-0.1, -0.05) is 18.2 Å². The lowest BCUT2D eigenvalue weighted by molar-refractivity contribution is -0.385. The normalized spacial score (nSPS) is 11.3. The van der Waals surface area contributed by atoms with Gasteiger partial charge in [0.05, 0.1) is 16.4 Å². The number of benzene rings is 2. The first kappa shape index (κ1) is 17.6. The molecule has 0 bridgehead atoms. The second-order valence-corrected chi connectivity index (χ2v) is 7.36. The van der Waals surface area contributed by atoms with Crippen LogP contribution < -0.4 is 4.72 Å². The van der Waals surface area contributed by atoms with Crippen LogP contribution in [0.5, 0.6) is 0 Å². The summed E-state index contributed by atoms with van der Waals surface area (Å²) in [5, 5.41) is 15.0. The number of sulfonamides is 1. The van der Waals surface area contributed by atoms with Crippen LogP contribution in [0.25, 0.3) is 0 Å². The monoisotopic (exact) mass is 372 g/mol. The molecule has 0 fully saturated rings. The highest BCUT2D eigenvalue weighted by Crippen LogP contribution is 2.24. The second kappa shape index (κ2) is 6.96. The average molecular weight is 372 g/mol. The van der Waals surface area contributed by atoms with E-state index in [2.05, 4.69) is 9.82 Å². The molecule has 8 nitrogen and oxygen atoms in total. The molecule has 3 aromatic rings. The molecule has 0 aliphatic rings. The van der Waals surface area contributed by atoms with Crippen LogP contribution in [0.2, 0.25) is 0 Å². The van der Waals surface area contributed by atoms with Crippen molar-refractivity contribution in [3.8, 4) is 0 Å². The van der Waals surface area contributed by atoms with E-state index in [-0.39, 0.29) is 10.6 Å². The van der Waals surface area contributed by atoms with E-state index in [1.54, 1.807) is 42.1 Å². The number of non-ortho nitro benzene ring substituents is 1. The van der Waals surface area contributed by atoms with Crippen molar-refractivity contribution in [1.82, 2.24) is 9.78 Å². The maximum atomic E-state index is 12.6. The first-order valence-corrected chi connectivity index (χ1v) is 9.18. The van der Waals surface area contributed by atoms with Gasteiger partial charge in [0.25, 0.3) is 15.7 Å². The molecule has 0 amide bonds. The Labute approximate surface area is 150 Å². The fourth-order valence-electron chi connectivity index (χ4n) is 2.46. The molecule has 0 radical (unpaired) electrons. The van der Waals surface area contributed by atoms with Gasteiger partial charge in [-0.25, -0.2) is 8.42 Å². The van der Waals surface area contributed by atoms with Crippen molar-refractivity contribution < 1.29 is 13.3 Å². The minimum Gasteiger partial charge on any atom is -0.280 e. The Morgan fingerprint density at radius 3 is 2.54 bits per heavy atom. The smallest absolute Gasteiger partial charge is 0.270 e. The first-order valence-electron chi connectivity index (χ1n) is 7.69. The summed E-state index contributed by atoms with van der Waals surface area (Å²) in [6.45, 7) is 2.16. The highest BCUT2D eigenvalue weighted by molar-refractivity contribution is 7.92. The van der Waals surface area contributed by atoms with Crippen LogP contribution in [0.3, 0.4) is 0 Å². The zero-order valence-electron chi connectivity index (χ0n) is 13.9. The van der Waals surface area contributed by atoms with E-state index in [9.17, 15) is 18.5 Å². The molecular formula is C17H16N4O4S. The van der Waals surface area contributed by atoms with Crippen molar-refractivity contribution in [3.05, 3.63) is 82.2 Å². The van der Waals surface area contributed by atoms with E-state index in [1.165, 1.54) is 12.1 Å². The third-order valence-electron chi connectivity index (χ3n) is 3.78. The summed E-state index contributed by atoms with van der Waals surface area (Å²) < 4.78 is 29.4. The van der Waals surface area contributed by atoms with Crippen molar-refractivity contribution in [2.24, 2.45) is 0 Å². The van der Waals surface area contributed by atoms with Gasteiger partial charge in [0.15, 0.2) is 0 Å². The fourth-order valence-corrected chi connectivity index (χ4v) is 3.79. The quantitative estimate of drug-likeness (QED) is 0.529. The molecule has 1 N–H and O–H groups in total. The van der Waals surface area contributed by atoms with Crippen molar-refractivity contribution in [1.29, 1.82) is 0 Å². The van der Waals surface area contributed by atoms with Gasteiger partial charge in [-0.05, 0) is 36.2 Å². The van der Waals surface area contributed by atoms with Crippen LogP contribution in [-0.2, 0) is 16.6 Å². The van der Waals surface area contributed by atoms with E-state index in [4.69, 9.17) is 0 Å². The molecule has 0 unspecified atom stereocenters. The number of nitrogens with one attached hydrogen (secondary N) is 1. The van der Waals surface area contributed by atoms with E-state index in [1.807, 2.05) is 12.3 Å². The van der Waals surface area contributed by atoms with Gasteiger partial charge in [0.2, 0.25) is 0 Å². The van der Waals surface area contributed by atoms with Gasteiger partial charge in [0.1, 0.15) is 0 Å². The lowest BCUT2D eigenvalue weighted by Gasteiger charge is -2.11. The number of aryl methyl sites for hydroxylation is 1. The van der Waals surface area contributed by atoms with Crippen LogP contribution in [0.1, 0.15) is 11.1 Å². The highest BCUT2D eigenvalue weighted by atomic mass is 32.2. The summed E-state index contributed by atoms with van der Waals surface area (Å²) in [6, 6.07) is 12.4. The second-order valence-electron chi connectivity index (χ2n) is 5.71. The van der Waals surface area contributed by atoms with E-state index >= 15 is 0 Å². The summed E-state index contributed by atoms with van der Waals surface area (Å²) in [6.07, 6.45) is 3.52. The number of nitro benzene ring substituents is 1. The van der Waals surface area contributed by atoms with Gasteiger partial charge < -0.3 is 0 Å². The van der Waals surface area contributed by atoms with E-state index in [0.29, 0.717) is 17.8 Å². The Bertz CT molecular complexity index is 1030. The van der Waals surface area contributed by atoms with E-state index < -0.39 is 14.9 Å². The molecule has 1 aromatic heterocycles. The molecule has 1 heterocycles. The van der Waals surface area contributed by atoms with Crippen LogP contribution in [0.4, 0.5) is 11.4 Å². The summed E-state index contributed by atoms with van der Waals surface area (Å²) in [5.74, 6) is 0. The molecular weight excluding hydrogens is 356 g/mol. The average Bonchev–Trinajstić information content (AvgIpc) is 3.09. The van der Waals surface area contributed by atoms with Crippen LogP contribution in [0.15, 0.2) is 65.8 Å². The third kappa shape index (κ3) is 3.89. The van der Waals surface area contributed by atoms with Crippen molar-refractivity contribution in [2.45, 2.75) is 18.4 Å². The number of anilines is 1.